The average molecular weight is 1630 g/mol. The van der Waals surface area contributed by atoms with Gasteiger partial charge in [0.25, 0.3) is 0 Å². The Bertz CT molecular complexity index is 3750. The number of fused-ring (bicyclic) bond motifs is 1. The van der Waals surface area contributed by atoms with Crippen molar-refractivity contribution in [3.05, 3.63) is 290 Å². The van der Waals surface area contributed by atoms with E-state index < -0.39 is 16.1 Å². The fourth-order valence-electron chi connectivity index (χ4n) is 16.3. The Morgan fingerprint density at radius 2 is 0.732 bits per heavy atom. The minimum Gasteiger partial charge on any atom is -0.373 e. The van der Waals surface area contributed by atoms with E-state index in [1.54, 1.807) is 0 Å². The first-order valence-corrected chi connectivity index (χ1v) is 49.3. The molecule has 2 fully saturated rings. The van der Waals surface area contributed by atoms with E-state index in [0.29, 0.717) is 16.9 Å². The molecule has 2 saturated carbocycles. The third-order valence-corrected chi connectivity index (χ3v) is 26.8. The van der Waals surface area contributed by atoms with E-state index in [-0.39, 0.29) is 74.7 Å². The summed E-state index contributed by atoms with van der Waals surface area (Å²) in [6.07, 6.45) is 22.2. The molecular formula is C107H160Fe2OSi2+2. The van der Waals surface area contributed by atoms with Gasteiger partial charge in [0.15, 0.2) is 0 Å². The molecule has 0 radical (unpaired) electrons. The molecule has 0 aromatic heterocycles. The van der Waals surface area contributed by atoms with E-state index in [0.717, 1.165) is 56.3 Å². The van der Waals surface area contributed by atoms with Crippen LogP contribution in [0.1, 0.15) is 280 Å². The van der Waals surface area contributed by atoms with Crippen molar-refractivity contribution in [3.8, 4) is 44.5 Å². The summed E-state index contributed by atoms with van der Waals surface area (Å²) in [6, 6.07) is 69.3. The van der Waals surface area contributed by atoms with Crippen molar-refractivity contribution < 1.29 is 38.9 Å². The van der Waals surface area contributed by atoms with Crippen LogP contribution < -0.4 is 0 Å². The summed E-state index contributed by atoms with van der Waals surface area (Å²) in [5, 5.41) is 0. The van der Waals surface area contributed by atoms with Crippen molar-refractivity contribution in [3.63, 3.8) is 0 Å². The van der Waals surface area contributed by atoms with Gasteiger partial charge in [-0.05, 0) is 186 Å². The number of aryl methyl sites for hydroxylation is 6. The normalized spacial score (nSPS) is 16.0. The molecule has 616 valence electrons. The topological polar surface area (TPSA) is 9.23 Å². The predicted octanol–water partition coefficient (Wildman–Crippen LogP) is 33.0. The van der Waals surface area contributed by atoms with Gasteiger partial charge in [-0.1, -0.05) is 381 Å². The quantitative estimate of drug-likeness (QED) is 0.0692. The van der Waals surface area contributed by atoms with E-state index in [4.69, 9.17) is 4.74 Å². The van der Waals surface area contributed by atoms with E-state index >= 15 is 0 Å². The summed E-state index contributed by atoms with van der Waals surface area (Å²) in [6.45, 7) is 60.0. The van der Waals surface area contributed by atoms with Crippen molar-refractivity contribution in [1.29, 1.82) is 0 Å². The molecule has 9 aromatic rings. The summed E-state index contributed by atoms with van der Waals surface area (Å²) in [5.74, 6) is 3.12. The number of benzene rings is 7. The zero-order chi connectivity index (χ0) is 78.2. The van der Waals surface area contributed by atoms with Gasteiger partial charge in [-0.15, -0.1) is 0 Å². The Morgan fingerprint density at radius 1 is 0.384 bits per heavy atom. The first kappa shape index (κ1) is 107. The molecule has 3 aliphatic rings. The summed E-state index contributed by atoms with van der Waals surface area (Å²) in [5.41, 5.74) is 31.3. The summed E-state index contributed by atoms with van der Waals surface area (Å²) >= 11 is 0. The molecular weight excluding hydrogens is 1470 g/mol. The van der Waals surface area contributed by atoms with Crippen LogP contribution in [0, 0.1) is 47.5 Å². The minimum absolute atomic E-state index is 0. The second kappa shape index (κ2) is 50.3. The van der Waals surface area contributed by atoms with Crippen LogP contribution in [-0.2, 0) is 106 Å². The fourth-order valence-corrected chi connectivity index (χ4v) is 19.9. The van der Waals surface area contributed by atoms with Gasteiger partial charge in [0.1, 0.15) is 0 Å². The van der Waals surface area contributed by atoms with Crippen LogP contribution in [0.15, 0.2) is 188 Å². The van der Waals surface area contributed by atoms with Crippen LogP contribution >= 0.6 is 0 Å². The molecule has 2 aliphatic carbocycles. The van der Waals surface area contributed by atoms with Crippen molar-refractivity contribution in [2.75, 3.05) is 0 Å². The van der Waals surface area contributed by atoms with Gasteiger partial charge < -0.3 is 34.4 Å². The van der Waals surface area contributed by atoms with Crippen LogP contribution in [0.2, 0.25) is 39.3 Å². The third-order valence-electron chi connectivity index (χ3n) is 22.8. The summed E-state index contributed by atoms with van der Waals surface area (Å²) in [7, 11) is -2.72. The van der Waals surface area contributed by atoms with Crippen molar-refractivity contribution in [2.24, 2.45) is 17.8 Å². The molecule has 5 heteroatoms. The molecule has 4 unspecified atom stereocenters. The fraction of sp³-hybridized carbons (Fsp3) is 0.477. The van der Waals surface area contributed by atoms with Gasteiger partial charge >= 0.3 is 34.1 Å². The molecule has 0 bridgehead atoms. The Balaban J connectivity index is 0.00000135. The first-order chi connectivity index (χ1) is 50.2. The van der Waals surface area contributed by atoms with Crippen LogP contribution in [0.5, 0.6) is 0 Å². The molecule has 4 atom stereocenters. The number of hydrogen-bond donors (Lipinski definition) is 0. The molecule has 0 spiro atoms. The van der Waals surface area contributed by atoms with Gasteiger partial charge in [0, 0.05) is 0 Å². The molecule has 1 heterocycles. The molecule has 0 saturated heterocycles. The summed E-state index contributed by atoms with van der Waals surface area (Å²) < 4.78 is 6.68. The molecule has 0 N–H and O–H groups in total. The Kier molecular flexibility index (Phi) is 47.9. The van der Waals surface area contributed by atoms with Gasteiger partial charge in [0.05, 0.1) is 27.6 Å². The molecule has 1 aliphatic heterocycles. The Labute approximate surface area is 716 Å². The second-order valence-corrected chi connectivity index (χ2v) is 46.6. The number of hydrogen-bond acceptors (Lipinski definition) is 1. The van der Waals surface area contributed by atoms with E-state index in [1.807, 2.05) is 0 Å². The largest absolute Gasteiger partial charge is 4.00 e. The monoisotopic (exact) mass is 1630 g/mol. The molecule has 1 nitrogen and oxygen atoms in total. The summed E-state index contributed by atoms with van der Waals surface area (Å²) in [4.78, 5) is 0. The van der Waals surface area contributed by atoms with E-state index in [9.17, 15) is 0 Å². The molecule has 9 aromatic carbocycles. The maximum Gasteiger partial charge on any atom is 4.00 e. The number of rotatable bonds is 16. The van der Waals surface area contributed by atoms with Crippen LogP contribution in [0.4, 0.5) is 0 Å². The number of ether oxygens (including phenoxy) is 1. The van der Waals surface area contributed by atoms with E-state index in [1.165, 1.54) is 187 Å². The third kappa shape index (κ3) is 30.6. The maximum absolute atomic E-state index is 6.68. The zero-order valence-corrected chi connectivity index (χ0v) is 81.1. The molecule has 12 rings (SSSR count). The smallest absolute Gasteiger partial charge is 0.373 e. The van der Waals surface area contributed by atoms with Crippen molar-refractivity contribution >= 4 is 16.1 Å². The van der Waals surface area contributed by atoms with Gasteiger partial charge in [-0.3, -0.25) is 0 Å². The predicted molar refractivity (Wildman–Crippen MR) is 504 cm³/mol. The molecule has 112 heavy (non-hydrogen) atoms. The first-order valence-electron chi connectivity index (χ1n) is 42.1. The Morgan fingerprint density at radius 3 is 0.991 bits per heavy atom. The van der Waals surface area contributed by atoms with Crippen LogP contribution in [0.3, 0.4) is 0 Å². The minimum atomic E-state index is -1.36. The van der Waals surface area contributed by atoms with Crippen molar-refractivity contribution in [2.45, 2.75) is 315 Å². The van der Waals surface area contributed by atoms with Gasteiger partial charge in [-0.2, -0.15) is 34.9 Å². The van der Waals surface area contributed by atoms with Crippen LogP contribution in [-0.4, -0.2) is 16.1 Å². The Hall–Kier alpha value is -5.33. The van der Waals surface area contributed by atoms with E-state index in [2.05, 4.69) is 366 Å². The second-order valence-electron chi connectivity index (χ2n) is 36.1. The standard InChI is InChI=1S/C30H38.C22H22.C18H32OSi2.C10H20.2C9H13.C5H10.4CH3.2Fe/c1-9-21-19-27(23-11-15-25(16-12-23)29(3,4)5)28(20-22(21)10-2)24-13-17-26(18-14-24)30(6,7)8;1-3-19-20(4-2)22(18-13-9-6-10-14-18)16-15-21(19)17-11-7-5-8-12-17;1-9-13-11-15-16(12-14(13)10-2)18(21(6,7)8)19-17(15)20(3,4)5;1-4-9-6-8(3)7-10(9)5-2;1-9(2,3)8-6-4-5-7-8;1-3-8-6-5-7-9(8)4-2;1-2-4-5-3-1;;;;;;/h11-20H,9-10H2,1-8H3;5-16H,3-4H2,1-2H3;11-12,17-18H,9-10H2,1-8H3;8-10H,4-7H2,1-3H3;4-7H,1-3H3;5-7H,3-4H2,1-2H3;1-5H2;4*1H3;;/q;;;;2*-1;;4*-1;2*+4. The maximum atomic E-state index is 6.68. The molecule has 0 amide bonds. The zero-order valence-electron chi connectivity index (χ0n) is 76.9. The van der Waals surface area contributed by atoms with Crippen molar-refractivity contribution in [1.82, 2.24) is 0 Å². The van der Waals surface area contributed by atoms with Gasteiger partial charge in [-0.25, -0.2) is 24.3 Å². The van der Waals surface area contributed by atoms with Gasteiger partial charge in [0.2, 0.25) is 0 Å². The average Bonchev–Trinajstić information content (AvgIpc) is 1.58. The SMILES string of the molecule is C1CCCC1.CC(C)(C)c1ccc[cH-]1.CCC1CC(C)CC1CC.CCc1c(-c2ccccc2)ccc(-c2ccccc2)c1CC.CCc1cc(-c2ccc(C(C)(C)C)cc2)c(-c2ccc(C(C)(C)C)cc2)cc1CC.CCc1cc2c(cc1CC)C([Si](C)(C)C)OC2[Si](C)(C)C.CCc1ccc[c-]1CC.[CH3-].[CH3-].[CH3-].[CH3-].[Fe+4].[Fe+4]. The van der Waals surface area contributed by atoms with Crippen LogP contribution in [0.25, 0.3) is 44.5 Å².